The van der Waals surface area contributed by atoms with Crippen LogP contribution in [0.25, 0.3) is 0 Å². The van der Waals surface area contributed by atoms with Crippen LogP contribution in [0.15, 0.2) is 41.3 Å². The summed E-state index contributed by atoms with van der Waals surface area (Å²) >= 11 is 0. The van der Waals surface area contributed by atoms with Crippen molar-refractivity contribution in [2.75, 3.05) is 27.3 Å². The highest BCUT2D eigenvalue weighted by Crippen LogP contribution is 2.25. The van der Waals surface area contributed by atoms with Crippen LogP contribution in [0.4, 0.5) is 0 Å². The van der Waals surface area contributed by atoms with Gasteiger partial charge < -0.3 is 14.4 Å². The van der Waals surface area contributed by atoms with Gasteiger partial charge in [-0.05, 0) is 56.0 Å². The first-order chi connectivity index (χ1) is 14.2. The highest BCUT2D eigenvalue weighted by Gasteiger charge is 2.28. The SMILES string of the molecule is COc1cc(OC)cc(C(=O)N2CCC(NS(=O)(=O)c3cc(C)ccc3C)CC2)c1. The van der Waals surface area contributed by atoms with Crippen molar-refractivity contribution >= 4 is 15.9 Å². The van der Waals surface area contributed by atoms with Crippen molar-refractivity contribution in [1.82, 2.24) is 9.62 Å². The van der Waals surface area contributed by atoms with Gasteiger partial charge in [0.15, 0.2) is 0 Å². The second kappa shape index (κ2) is 9.06. The summed E-state index contributed by atoms with van der Waals surface area (Å²) < 4.78 is 39.0. The van der Waals surface area contributed by atoms with Crippen LogP contribution in [0, 0.1) is 13.8 Å². The zero-order chi connectivity index (χ0) is 21.9. The molecule has 1 saturated heterocycles. The number of amides is 1. The Morgan fingerprint density at radius 2 is 1.60 bits per heavy atom. The first-order valence-electron chi connectivity index (χ1n) is 9.85. The Morgan fingerprint density at radius 3 is 2.17 bits per heavy atom. The summed E-state index contributed by atoms with van der Waals surface area (Å²) in [5, 5.41) is 0. The fourth-order valence-electron chi connectivity index (χ4n) is 3.59. The van der Waals surface area contributed by atoms with Gasteiger partial charge in [-0.15, -0.1) is 0 Å². The number of nitrogens with one attached hydrogen (secondary N) is 1. The molecule has 1 fully saturated rings. The van der Waals surface area contributed by atoms with E-state index < -0.39 is 10.0 Å². The maximum absolute atomic E-state index is 12.9. The van der Waals surface area contributed by atoms with E-state index in [1.54, 1.807) is 36.1 Å². The molecule has 0 unspecified atom stereocenters. The smallest absolute Gasteiger partial charge is 0.254 e. The molecule has 0 radical (unpaired) electrons. The van der Waals surface area contributed by atoms with Gasteiger partial charge in [0, 0.05) is 30.8 Å². The monoisotopic (exact) mass is 432 g/mol. The van der Waals surface area contributed by atoms with Crippen LogP contribution in [0.3, 0.4) is 0 Å². The minimum Gasteiger partial charge on any atom is -0.497 e. The Hall–Kier alpha value is -2.58. The van der Waals surface area contributed by atoms with Crippen LogP contribution in [0.5, 0.6) is 11.5 Å². The van der Waals surface area contributed by atoms with Crippen LogP contribution in [0.1, 0.15) is 34.3 Å². The molecule has 2 aromatic rings. The number of benzene rings is 2. The van der Waals surface area contributed by atoms with Crippen LogP contribution >= 0.6 is 0 Å². The van der Waals surface area contributed by atoms with Gasteiger partial charge in [0.25, 0.3) is 5.91 Å². The maximum atomic E-state index is 12.9. The number of aryl methyl sites for hydroxylation is 2. The molecule has 0 spiro atoms. The van der Waals surface area contributed by atoms with Gasteiger partial charge in [-0.2, -0.15) is 0 Å². The lowest BCUT2D eigenvalue weighted by molar-refractivity contribution is 0.0710. The molecule has 3 rings (SSSR count). The van der Waals surface area contributed by atoms with E-state index in [4.69, 9.17) is 9.47 Å². The summed E-state index contributed by atoms with van der Waals surface area (Å²) in [6.45, 7) is 4.60. The summed E-state index contributed by atoms with van der Waals surface area (Å²) in [7, 11) is -0.531. The Kier molecular flexibility index (Phi) is 6.67. The largest absolute Gasteiger partial charge is 0.497 e. The van der Waals surface area contributed by atoms with Crippen molar-refractivity contribution in [2.45, 2.75) is 37.6 Å². The van der Waals surface area contributed by atoms with Crippen molar-refractivity contribution in [3.8, 4) is 11.5 Å². The minimum absolute atomic E-state index is 0.122. The van der Waals surface area contributed by atoms with E-state index in [0.29, 0.717) is 53.5 Å². The standard InChI is InChI=1S/C22H28N2O5S/c1-15-5-6-16(2)21(11-15)30(26,27)23-18-7-9-24(10-8-18)22(25)17-12-19(28-3)14-20(13-17)29-4/h5-6,11-14,18,23H,7-10H2,1-4H3. The maximum Gasteiger partial charge on any atom is 0.254 e. The molecule has 0 bridgehead atoms. The molecule has 1 N–H and O–H groups in total. The lowest BCUT2D eigenvalue weighted by atomic mass is 10.0. The third kappa shape index (κ3) is 4.94. The second-order valence-corrected chi connectivity index (χ2v) is 9.24. The molecule has 0 aliphatic carbocycles. The Bertz CT molecular complexity index is 1010. The number of methoxy groups -OCH3 is 2. The zero-order valence-electron chi connectivity index (χ0n) is 17.8. The van der Waals surface area contributed by atoms with E-state index in [1.165, 1.54) is 14.2 Å². The number of sulfonamides is 1. The first kappa shape index (κ1) is 22.1. The lowest BCUT2D eigenvalue weighted by Crippen LogP contribution is -2.46. The summed E-state index contributed by atoms with van der Waals surface area (Å²) in [5.74, 6) is 0.978. The molecule has 1 aliphatic rings. The summed E-state index contributed by atoms with van der Waals surface area (Å²) in [5.41, 5.74) is 2.10. The van der Waals surface area contributed by atoms with Crippen LogP contribution in [-0.4, -0.2) is 52.6 Å². The molecule has 0 atom stereocenters. The number of nitrogens with zero attached hydrogens (tertiary/aromatic N) is 1. The number of likely N-dealkylation sites (tertiary alicyclic amines) is 1. The van der Waals surface area contributed by atoms with E-state index in [9.17, 15) is 13.2 Å². The van der Waals surface area contributed by atoms with E-state index >= 15 is 0 Å². The molecular formula is C22H28N2O5S. The molecular weight excluding hydrogens is 404 g/mol. The molecule has 7 nitrogen and oxygen atoms in total. The van der Waals surface area contributed by atoms with Gasteiger partial charge in [0.2, 0.25) is 10.0 Å². The quantitative estimate of drug-likeness (QED) is 0.759. The normalized spacial score (nSPS) is 15.1. The molecule has 8 heteroatoms. The van der Waals surface area contributed by atoms with Gasteiger partial charge >= 0.3 is 0 Å². The van der Waals surface area contributed by atoms with E-state index in [0.717, 1.165) is 5.56 Å². The van der Waals surface area contributed by atoms with Gasteiger partial charge in [0.1, 0.15) is 11.5 Å². The van der Waals surface area contributed by atoms with Crippen LogP contribution in [0.2, 0.25) is 0 Å². The minimum atomic E-state index is -3.61. The van der Waals surface area contributed by atoms with Crippen molar-refractivity contribution in [3.05, 3.63) is 53.1 Å². The van der Waals surface area contributed by atoms with Gasteiger partial charge in [-0.25, -0.2) is 13.1 Å². The molecule has 1 heterocycles. The Morgan fingerprint density at radius 1 is 1.00 bits per heavy atom. The molecule has 0 aromatic heterocycles. The van der Waals surface area contributed by atoms with Crippen molar-refractivity contribution < 1.29 is 22.7 Å². The fraction of sp³-hybridized carbons (Fsp3) is 0.409. The number of carbonyl (C=O) groups excluding carboxylic acids is 1. The number of carbonyl (C=O) groups is 1. The molecule has 2 aromatic carbocycles. The molecule has 30 heavy (non-hydrogen) atoms. The average Bonchev–Trinajstić information content (AvgIpc) is 2.74. The molecule has 1 aliphatic heterocycles. The topological polar surface area (TPSA) is 84.9 Å². The van der Waals surface area contributed by atoms with E-state index in [1.807, 2.05) is 19.1 Å². The third-order valence-electron chi connectivity index (χ3n) is 5.34. The first-order valence-corrected chi connectivity index (χ1v) is 11.3. The van der Waals surface area contributed by atoms with Gasteiger partial charge in [-0.3, -0.25) is 4.79 Å². The summed E-state index contributed by atoms with van der Waals surface area (Å²) in [4.78, 5) is 15.0. The summed E-state index contributed by atoms with van der Waals surface area (Å²) in [6, 6.07) is 10.3. The predicted octanol–water partition coefficient (Wildman–Crippen LogP) is 2.90. The number of rotatable bonds is 6. The third-order valence-corrected chi connectivity index (χ3v) is 7.00. The molecule has 1 amide bonds. The zero-order valence-corrected chi connectivity index (χ0v) is 18.6. The van der Waals surface area contributed by atoms with Crippen LogP contribution in [-0.2, 0) is 10.0 Å². The van der Waals surface area contributed by atoms with Crippen LogP contribution < -0.4 is 14.2 Å². The number of hydrogen-bond donors (Lipinski definition) is 1. The van der Waals surface area contributed by atoms with E-state index in [-0.39, 0.29) is 11.9 Å². The second-order valence-electron chi connectivity index (χ2n) is 7.56. The Labute approximate surface area is 178 Å². The van der Waals surface area contributed by atoms with Crippen molar-refractivity contribution in [3.63, 3.8) is 0 Å². The number of piperidine rings is 1. The molecule has 0 saturated carbocycles. The predicted molar refractivity (Wildman–Crippen MR) is 115 cm³/mol. The molecule has 162 valence electrons. The highest BCUT2D eigenvalue weighted by molar-refractivity contribution is 7.89. The average molecular weight is 433 g/mol. The lowest BCUT2D eigenvalue weighted by Gasteiger charge is -2.32. The van der Waals surface area contributed by atoms with Gasteiger partial charge in [0.05, 0.1) is 19.1 Å². The number of ether oxygens (including phenoxy) is 2. The van der Waals surface area contributed by atoms with Crippen molar-refractivity contribution in [2.24, 2.45) is 0 Å². The highest BCUT2D eigenvalue weighted by atomic mass is 32.2. The van der Waals surface area contributed by atoms with Crippen molar-refractivity contribution in [1.29, 1.82) is 0 Å². The Balaban J connectivity index is 1.66. The van der Waals surface area contributed by atoms with Gasteiger partial charge in [-0.1, -0.05) is 12.1 Å². The fourth-order valence-corrected chi connectivity index (χ4v) is 5.23. The summed E-state index contributed by atoms with van der Waals surface area (Å²) in [6.07, 6.45) is 1.11. The van der Waals surface area contributed by atoms with E-state index in [2.05, 4.69) is 4.72 Å². The number of hydrogen-bond acceptors (Lipinski definition) is 5.